The van der Waals surface area contributed by atoms with Gasteiger partial charge in [-0.3, -0.25) is 10.1 Å². The minimum Gasteiger partial charge on any atom is -0.445 e. The average Bonchev–Trinajstić information content (AvgIpc) is 3.23. The maximum atomic E-state index is 11.9. The Morgan fingerprint density at radius 3 is 2.82 bits per heavy atom. The van der Waals surface area contributed by atoms with Crippen molar-refractivity contribution in [3.05, 3.63) is 24.4 Å². The molecule has 1 N–H and O–H groups in total. The van der Waals surface area contributed by atoms with E-state index in [9.17, 15) is 9.59 Å². The van der Waals surface area contributed by atoms with Crippen molar-refractivity contribution in [3.8, 4) is 0 Å². The molecule has 0 bridgehead atoms. The van der Waals surface area contributed by atoms with Crippen LogP contribution in [0.3, 0.4) is 0 Å². The van der Waals surface area contributed by atoms with E-state index in [2.05, 4.69) is 11.9 Å². The smallest absolute Gasteiger partial charge is 0.411 e. The van der Waals surface area contributed by atoms with E-state index in [-0.39, 0.29) is 30.3 Å². The van der Waals surface area contributed by atoms with E-state index in [0.717, 1.165) is 6.42 Å². The molecule has 3 rings (SSSR count). The standard InChI is InChI=1S/C15H19NO6/c1-4-5-19-14(18)16-11-7-10(17)12-13(20-12)15(11)21-8(2)6-9(3)22-15/h4,7-9,12-13H,1,5-6H2,2-3H3,(H,16,18)/t8-,9-,12+,13+/m1/s1. The lowest BCUT2D eigenvalue weighted by Gasteiger charge is -2.44. The summed E-state index contributed by atoms with van der Waals surface area (Å²) < 4.78 is 22.2. The number of carbonyl (C=O) groups excluding carboxylic acids is 2. The molecule has 0 radical (unpaired) electrons. The van der Waals surface area contributed by atoms with Gasteiger partial charge < -0.3 is 18.9 Å². The Labute approximate surface area is 128 Å². The van der Waals surface area contributed by atoms with Gasteiger partial charge in [0.05, 0.1) is 17.9 Å². The van der Waals surface area contributed by atoms with Crippen LogP contribution in [0, 0.1) is 0 Å². The molecule has 4 atom stereocenters. The van der Waals surface area contributed by atoms with E-state index in [1.807, 2.05) is 13.8 Å². The summed E-state index contributed by atoms with van der Waals surface area (Å²) in [6, 6.07) is 0. The first kappa shape index (κ1) is 15.2. The van der Waals surface area contributed by atoms with Crippen molar-refractivity contribution in [1.82, 2.24) is 5.32 Å². The highest BCUT2D eigenvalue weighted by molar-refractivity contribution is 5.99. The first-order valence-electron chi connectivity index (χ1n) is 7.28. The van der Waals surface area contributed by atoms with E-state index in [4.69, 9.17) is 18.9 Å². The molecule has 7 heteroatoms. The third-order valence-electron chi connectivity index (χ3n) is 3.79. The van der Waals surface area contributed by atoms with Crippen LogP contribution >= 0.6 is 0 Å². The van der Waals surface area contributed by atoms with E-state index in [1.165, 1.54) is 12.2 Å². The van der Waals surface area contributed by atoms with Gasteiger partial charge in [0.2, 0.25) is 5.79 Å². The molecule has 7 nitrogen and oxygen atoms in total. The van der Waals surface area contributed by atoms with Crippen molar-refractivity contribution in [1.29, 1.82) is 0 Å². The fraction of sp³-hybridized carbons (Fsp3) is 0.600. The van der Waals surface area contributed by atoms with Gasteiger partial charge in [0.1, 0.15) is 6.61 Å². The van der Waals surface area contributed by atoms with Crippen LogP contribution in [0.1, 0.15) is 20.3 Å². The van der Waals surface area contributed by atoms with Crippen LogP contribution in [-0.4, -0.2) is 48.7 Å². The van der Waals surface area contributed by atoms with Gasteiger partial charge in [0.25, 0.3) is 0 Å². The highest BCUT2D eigenvalue weighted by Gasteiger charge is 2.67. The second kappa shape index (κ2) is 5.49. The van der Waals surface area contributed by atoms with E-state index >= 15 is 0 Å². The number of ether oxygens (including phenoxy) is 4. The highest BCUT2D eigenvalue weighted by Crippen LogP contribution is 2.47. The minimum atomic E-state index is -1.26. The van der Waals surface area contributed by atoms with Crippen LogP contribution < -0.4 is 5.32 Å². The van der Waals surface area contributed by atoms with Gasteiger partial charge in [-0.2, -0.15) is 0 Å². The Morgan fingerprint density at radius 1 is 1.50 bits per heavy atom. The van der Waals surface area contributed by atoms with Gasteiger partial charge in [0, 0.05) is 6.08 Å². The Morgan fingerprint density at radius 2 is 2.18 bits per heavy atom. The SMILES string of the molecule is C=CCOC(=O)NC1=CC(=O)[C@@H]2O[C@@H]2C12O[C@H](C)C[C@@H](C)O2. The van der Waals surface area contributed by atoms with Crippen molar-refractivity contribution < 1.29 is 28.5 Å². The predicted octanol–water partition coefficient (Wildman–Crippen LogP) is 1.04. The van der Waals surface area contributed by atoms with E-state index < -0.39 is 24.1 Å². The number of nitrogens with one attached hydrogen (secondary N) is 1. The van der Waals surface area contributed by atoms with Crippen LogP contribution in [-0.2, 0) is 23.7 Å². The molecule has 2 saturated heterocycles. The molecule has 0 aromatic rings. The zero-order chi connectivity index (χ0) is 15.9. The summed E-state index contributed by atoms with van der Waals surface area (Å²) in [4.78, 5) is 23.7. The van der Waals surface area contributed by atoms with Gasteiger partial charge in [0.15, 0.2) is 18.0 Å². The molecule has 0 unspecified atom stereocenters. The Bertz CT molecular complexity index is 532. The summed E-state index contributed by atoms with van der Waals surface area (Å²) in [6.45, 7) is 7.37. The molecule has 3 aliphatic rings. The number of rotatable bonds is 3. The number of fused-ring (bicyclic) bond motifs is 2. The normalized spacial score (nSPS) is 39.7. The molecule has 2 fully saturated rings. The van der Waals surface area contributed by atoms with Gasteiger partial charge in [-0.15, -0.1) is 0 Å². The first-order chi connectivity index (χ1) is 10.5. The van der Waals surface area contributed by atoms with Crippen LogP contribution in [0.4, 0.5) is 4.79 Å². The number of ketones is 1. The Hall–Kier alpha value is -1.70. The molecule has 0 aromatic carbocycles. The van der Waals surface area contributed by atoms with Gasteiger partial charge in [-0.1, -0.05) is 12.7 Å². The lowest BCUT2D eigenvalue weighted by atomic mass is 9.94. The third kappa shape index (κ3) is 2.55. The first-order valence-corrected chi connectivity index (χ1v) is 7.28. The molecular formula is C15H19NO6. The van der Waals surface area contributed by atoms with Crippen molar-refractivity contribution in [2.24, 2.45) is 0 Å². The van der Waals surface area contributed by atoms with Crippen molar-refractivity contribution in [2.45, 2.75) is 50.5 Å². The molecule has 1 amide bonds. The molecule has 0 aromatic heterocycles. The second-order valence-corrected chi connectivity index (χ2v) is 5.71. The molecule has 2 heterocycles. The molecular weight excluding hydrogens is 290 g/mol. The Kier molecular flexibility index (Phi) is 3.80. The van der Waals surface area contributed by atoms with Crippen LogP contribution in [0.25, 0.3) is 0 Å². The van der Waals surface area contributed by atoms with Gasteiger partial charge in [-0.25, -0.2) is 4.79 Å². The minimum absolute atomic E-state index is 0.0666. The van der Waals surface area contributed by atoms with Crippen LogP contribution in [0.15, 0.2) is 24.4 Å². The topological polar surface area (TPSA) is 86.4 Å². The monoisotopic (exact) mass is 309 g/mol. The quantitative estimate of drug-likeness (QED) is 0.619. The lowest BCUT2D eigenvalue weighted by molar-refractivity contribution is -0.300. The molecule has 0 saturated carbocycles. The van der Waals surface area contributed by atoms with Crippen molar-refractivity contribution >= 4 is 11.9 Å². The molecule has 1 spiro atoms. The number of epoxide rings is 1. The average molecular weight is 309 g/mol. The van der Waals surface area contributed by atoms with Gasteiger partial charge >= 0.3 is 6.09 Å². The van der Waals surface area contributed by atoms with Crippen LogP contribution in [0.5, 0.6) is 0 Å². The van der Waals surface area contributed by atoms with E-state index in [1.54, 1.807) is 0 Å². The highest BCUT2D eigenvalue weighted by atomic mass is 16.8. The maximum Gasteiger partial charge on any atom is 0.411 e. The van der Waals surface area contributed by atoms with Crippen LogP contribution in [0.2, 0.25) is 0 Å². The summed E-state index contributed by atoms with van der Waals surface area (Å²) in [5, 5.41) is 2.54. The lowest BCUT2D eigenvalue weighted by Crippen LogP contribution is -2.58. The summed E-state index contributed by atoms with van der Waals surface area (Å²) >= 11 is 0. The third-order valence-corrected chi connectivity index (χ3v) is 3.79. The summed E-state index contributed by atoms with van der Waals surface area (Å²) in [5.74, 6) is -1.48. The molecule has 120 valence electrons. The summed E-state index contributed by atoms with van der Waals surface area (Å²) in [7, 11) is 0. The second-order valence-electron chi connectivity index (χ2n) is 5.71. The predicted molar refractivity (Wildman–Crippen MR) is 74.9 cm³/mol. The number of alkyl carbamates (subject to hydrolysis) is 1. The zero-order valence-corrected chi connectivity index (χ0v) is 12.5. The molecule has 22 heavy (non-hydrogen) atoms. The number of hydrogen-bond acceptors (Lipinski definition) is 6. The summed E-state index contributed by atoms with van der Waals surface area (Å²) in [6.07, 6.45) is 1.50. The number of amides is 1. The summed E-state index contributed by atoms with van der Waals surface area (Å²) in [5.41, 5.74) is 0.226. The number of carbonyl (C=O) groups is 2. The zero-order valence-electron chi connectivity index (χ0n) is 12.5. The molecule has 1 aliphatic carbocycles. The largest absolute Gasteiger partial charge is 0.445 e. The maximum absolute atomic E-state index is 11.9. The fourth-order valence-electron chi connectivity index (χ4n) is 2.95. The number of hydrogen-bond donors (Lipinski definition) is 1. The van der Waals surface area contributed by atoms with E-state index in [0.29, 0.717) is 0 Å². The van der Waals surface area contributed by atoms with Crippen molar-refractivity contribution in [3.63, 3.8) is 0 Å². The fourth-order valence-corrected chi connectivity index (χ4v) is 2.95. The van der Waals surface area contributed by atoms with Gasteiger partial charge in [-0.05, 0) is 20.3 Å². The Balaban J connectivity index is 1.85. The molecule has 2 aliphatic heterocycles. The van der Waals surface area contributed by atoms with Crippen molar-refractivity contribution in [2.75, 3.05) is 6.61 Å².